The molecule has 3 aromatic rings. The van der Waals surface area contributed by atoms with Crippen LogP contribution in [0.4, 0.5) is 0 Å². The van der Waals surface area contributed by atoms with Crippen LogP contribution in [-0.2, 0) is 0 Å². The fourth-order valence-corrected chi connectivity index (χ4v) is 3.50. The van der Waals surface area contributed by atoms with E-state index in [9.17, 15) is 4.79 Å². The molecule has 0 radical (unpaired) electrons. The van der Waals surface area contributed by atoms with E-state index in [1.165, 1.54) is 11.3 Å². The molecule has 5 heteroatoms. The molecule has 2 heterocycles. The van der Waals surface area contributed by atoms with E-state index in [2.05, 4.69) is 11.9 Å². The molecule has 0 N–H and O–H groups in total. The summed E-state index contributed by atoms with van der Waals surface area (Å²) in [7, 11) is 0. The van der Waals surface area contributed by atoms with Crippen molar-refractivity contribution in [2.45, 2.75) is 20.8 Å². The van der Waals surface area contributed by atoms with Crippen molar-refractivity contribution in [3.8, 4) is 17.0 Å². The number of rotatable bonds is 3. The van der Waals surface area contributed by atoms with Crippen molar-refractivity contribution in [3.63, 3.8) is 0 Å². The molecule has 0 aliphatic heterocycles. The van der Waals surface area contributed by atoms with Crippen LogP contribution in [0, 0.1) is 13.8 Å². The predicted octanol–water partition coefficient (Wildman–Crippen LogP) is 3.44. The molecular weight excluding hydrogens is 284 g/mol. The fourth-order valence-electron chi connectivity index (χ4n) is 2.46. The lowest BCUT2D eigenvalue weighted by Crippen LogP contribution is -2.08. The molecule has 0 spiro atoms. The van der Waals surface area contributed by atoms with Gasteiger partial charge in [0.25, 0.3) is 5.56 Å². The summed E-state index contributed by atoms with van der Waals surface area (Å²) in [5, 5.41) is 0. The molecule has 1 aromatic carbocycles. The molecule has 0 aliphatic carbocycles. The summed E-state index contributed by atoms with van der Waals surface area (Å²) in [6.45, 7) is 6.61. The van der Waals surface area contributed by atoms with Gasteiger partial charge in [-0.3, -0.25) is 9.20 Å². The maximum absolute atomic E-state index is 11.5. The van der Waals surface area contributed by atoms with E-state index in [0.29, 0.717) is 6.61 Å². The average molecular weight is 300 g/mol. The summed E-state index contributed by atoms with van der Waals surface area (Å²) in [4.78, 5) is 17.5. The van der Waals surface area contributed by atoms with E-state index in [-0.39, 0.29) is 5.56 Å². The summed E-state index contributed by atoms with van der Waals surface area (Å²) < 4.78 is 7.52. The van der Waals surface area contributed by atoms with E-state index in [1.807, 2.05) is 42.5 Å². The molecule has 0 aliphatic rings. The van der Waals surface area contributed by atoms with Gasteiger partial charge in [0.1, 0.15) is 5.75 Å². The molecule has 3 rings (SSSR count). The zero-order valence-corrected chi connectivity index (χ0v) is 13.0. The smallest absolute Gasteiger partial charge is 0.274 e. The highest BCUT2D eigenvalue weighted by atomic mass is 32.1. The van der Waals surface area contributed by atoms with Crippen molar-refractivity contribution >= 4 is 16.3 Å². The van der Waals surface area contributed by atoms with E-state index in [0.717, 1.165) is 32.5 Å². The zero-order valence-electron chi connectivity index (χ0n) is 12.2. The molecule has 0 amide bonds. The van der Waals surface area contributed by atoms with Crippen molar-refractivity contribution < 1.29 is 4.74 Å². The summed E-state index contributed by atoms with van der Waals surface area (Å²) in [5.41, 5.74) is 2.89. The Bertz CT molecular complexity index is 847. The summed E-state index contributed by atoms with van der Waals surface area (Å²) in [6, 6.07) is 9.57. The van der Waals surface area contributed by atoms with Gasteiger partial charge in [0.2, 0.25) is 0 Å². The number of hydrogen-bond donors (Lipinski definition) is 0. The van der Waals surface area contributed by atoms with Crippen LogP contribution in [-0.4, -0.2) is 16.0 Å². The van der Waals surface area contributed by atoms with Gasteiger partial charge in [-0.25, -0.2) is 0 Å². The molecular formula is C16H16N2O2S. The van der Waals surface area contributed by atoms with Crippen LogP contribution in [0.1, 0.15) is 17.5 Å². The van der Waals surface area contributed by atoms with E-state index in [1.54, 1.807) is 6.07 Å². The average Bonchev–Trinajstić information content (AvgIpc) is 2.76. The van der Waals surface area contributed by atoms with E-state index < -0.39 is 0 Å². The van der Waals surface area contributed by atoms with Crippen LogP contribution >= 0.6 is 11.3 Å². The van der Waals surface area contributed by atoms with Gasteiger partial charge in [0, 0.05) is 16.6 Å². The molecule has 2 aromatic heterocycles. The molecule has 21 heavy (non-hydrogen) atoms. The molecule has 0 unspecified atom stereocenters. The van der Waals surface area contributed by atoms with Gasteiger partial charge in [-0.2, -0.15) is 4.98 Å². The Balaban J connectivity index is 2.20. The molecule has 0 saturated carbocycles. The first kappa shape index (κ1) is 13.8. The van der Waals surface area contributed by atoms with Crippen molar-refractivity contribution in [1.82, 2.24) is 9.38 Å². The second-order valence-electron chi connectivity index (χ2n) is 4.82. The number of ether oxygens (including phenoxy) is 1. The first-order chi connectivity index (χ1) is 10.1. The Morgan fingerprint density at radius 3 is 2.62 bits per heavy atom. The Hall–Kier alpha value is -2.14. The lowest BCUT2D eigenvalue weighted by atomic mass is 10.1. The SMILES string of the molecule is CCOc1ccc(-c2c(C)sc3nc(=O)cc(C)n23)cc1. The van der Waals surface area contributed by atoms with Crippen molar-refractivity contribution in [1.29, 1.82) is 0 Å². The second-order valence-corrected chi connectivity index (χ2v) is 6.00. The monoisotopic (exact) mass is 300 g/mol. The summed E-state index contributed by atoms with van der Waals surface area (Å²) in [6.07, 6.45) is 0. The number of aromatic nitrogens is 2. The zero-order chi connectivity index (χ0) is 15.0. The van der Waals surface area contributed by atoms with Crippen LogP contribution in [0.2, 0.25) is 0 Å². The summed E-state index contributed by atoms with van der Waals surface area (Å²) >= 11 is 1.54. The van der Waals surface area contributed by atoms with Gasteiger partial charge in [-0.1, -0.05) is 0 Å². The molecule has 0 saturated heterocycles. The first-order valence-electron chi connectivity index (χ1n) is 6.83. The van der Waals surface area contributed by atoms with Crippen molar-refractivity contribution in [3.05, 3.63) is 51.3 Å². The van der Waals surface area contributed by atoms with Gasteiger partial charge in [-0.15, -0.1) is 11.3 Å². The van der Waals surface area contributed by atoms with Gasteiger partial charge >= 0.3 is 0 Å². The minimum atomic E-state index is -0.188. The molecule has 0 fully saturated rings. The predicted molar refractivity (Wildman–Crippen MR) is 85.4 cm³/mol. The standard InChI is InChI=1S/C16H16N2O2S/c1-4-20-13-7-5-12(6-8-13)15-11(3)21-16-17-14(19)9-10(2)18(15)16/h5-9H,4H2,1-3H3. The van der Waals surface area contributed by atoms with Gasteiger partial charge in [0.05, 0.1) is 12.3 Å². The van der Waals surface area contributed by atoms with Crippen molar-refractivity contribution in [2.24, 2.45) is 0 Å². The highest BCUT2D eigenvalue weighted by Crippen LogP contribution is 2.31. The minimum absolute atomic E-state index is 0.188. The lowest BCUT2D eigenvalue weighted by molar-refractivity contribution is 0.340. The number of nitrogens with zero attached hydrogens (tertiary/aromatic N) is 2. The third kappa shape index (κ3) is 2.45. The van der Waals surface area contributed by atoms with Crippen molar-refractivity contribution in [2.75, 3.05) is 6.61 Å². The number of fused-ring (bicyclic) bond motifs is 1. The first-order valence-corrected chi connectivity index (χ1v) is 7.65. The number of thiazole rings is 1. The maximum atomic E-state index is 11.5. The van der Waals surface area contributed by atoms with Gasteiger partial charge < -0.3 is 4.74 Å². The van der Waals surface area contributed by atoms with Crippen LogP contribution in [0.25, 0.3) is 16.2 Å². The third-order valence-corrected chi connectivity index (χ3v) is 4.28. The van der Waals surface area contributed by atoms with Gasteiger partial charge in [-0.05, 0) is 50.6 Å². The highest BCUT2D eigenvalue weighted by molar-refractivity contribution is 7.17. The summed E-state index contributed by atoms with van der Waals surface area (Å²) in [5.74, 6) is 0.861. The number of aryl methyl sites for hydroxylation is 2. The number of hydrogen-bond acceptors (Lipinski definition) is 4. The lowest BCUT2D eigenvalue weighted by Gasteiger charge is -2.08. The van der Waals surface area contributed by atoms with Crippen LogP contribution < -0.4 is 10.3 Å². The Morgan fingerprint density at radius 2 is 1.95 bits per heavy atom. The van der Waals surface area contributed by atoms with E-state index in [4.69, 9.17) is 4.74 Å². The Labute approximate surface area is 126 Å². The highest BCUT2D eigenvalue weighted by Gasteiger charge is 2.13. The normalized spacial score (nSPS) is 11.0. The third-order valence-electron chi connectivity index (χ3n) is 3.32. The number of benzene rings is 1. The fraction of sp³-hybridized carbons (Fsp3) is 0.250. The van der Waals surface area contributed by atoms with E-state index >= 15 is 0 Å². The maximum Gasteiger partial charge on any atom is 0.274 e. The quantitative estimate of drug-likeness (QED) is 0.744. The second kappa shape index (κ2) is 5.33. The van der Waals surface area contributed by atoms with Gasteiger partial charge in [0.15, 0.2) is 4.96 Å². The molecule has 0 bridgehead atoms. The van der Waals surface area contributed by atoms with Crippen LogP contribution in [0.15, 0.2) is 35.1 Å². The largest absolute Gasteiger partial charge is 0.494 e. The minimum Gasteiger partial charge on any atom is -0.494 e. The van der Waals surface area contributed by atoms with Crippen LogP contribution in [0.3, 0.4) is 0 Å². The van der Waals surface area contributed by atoms with Crippen LogP contribution in [0.5, 0.6) is 5.75 Å². The molecule has 4 nitrogen and oxygen atoms in total. The molecule has 108 valence electrons. The Morgan fingerprint density at radius 1 is 1.24 bits per heavy atom. The molecule has 0 atom stereocenters. The topological polar surface area (TPSA) is 43.6 Å². The Kier molecular flexibility index (Phi) is 3.51.